The van der Waals surface area contributed by atoms with Gasteiger partial charge in [-0.2, -0.15) is 20.3 Å². The molecule has 2 bridgehead atoms. The van der Waals surface area contributed by atoms with Gasteiger partial charge in [0, 0.05) is 64.8 Å². The summed E-state index contributed by atoms with van der Waals surface area (Å²) in [7, 11) is 0. The van der Waals surface area contributed by atoms with E-state index in [-0.39, 0.29) is 53.0 Å². The van der Waals surface area contributed by atoms with Gasteiger partial charge >= 0.3 is 0 Å². The molecule has 3 saturated heterocycles. The molecular formula is C36H33Cl2FN8O. The predicted octanol–water partition coefficient (Wildman–Crippen LogP) is 7.12. The molecule has 9 nitrogen and oxygen atoms in total. The van der Waals surface area contributed by atoms with Crippen molar-refractivity contribution < 1.29 is 9.18 Å². The Balaban J connectivity index is 1.30. The lowest BCUT2D eigenvalue weighted by molar-refractivity contribution is -0.133. The Labute approximate surface area is 286 Å². The first-order valence-electron chi connectivity index (χ1n) is 16.7. The molecule has 0 radical (unpaired) electrons. The number of benzene rings is 2. The van der Waals surface area contributed by atoms with Crippen LogP contribution in [0, 0.1) is 35.9 Å². The number of nitrogens with one attached hydrogen (secondary N) is 1. The van der Waals surface area contributed by atoms with Gasteiger partial charge in [-0.25, -0.2) is 9.37 Å². The molecule has 5 atom stereocenters. The van der Waals surface area contributed by atoms with E-state index in [1.165, 1.54) is 0 Å². The van der Waals surface area contributed by atoms with Gasteiger partial charge in [-0.05, 0) is 68.7 Å². The molecule has 3 aliphatic heterocycles. The van der Waals surface area contributed by atoms with Crippen molar-refractivity contribution in [1.82, 2.24) is 34.8 Å². The number of rotatable bonds is 7. The largest absolute Gasteiger partial charge is 0.337 e. The molecule has 6 heterocycles. The van der Waals surface area contributed by atoms with Crippen molar-refractivity contribution in [3.05, 3.63) is 75.5 Å². The minimum absolute atomic E-state index is 0.0496. The molecular weight excluding hydrogens is 650 g/mol. The van der Waals surface area contributed by atoms with Crippen LogP contribution >= 0.6 is 23.2 Å². The van der Waals surface area contributed by atoms with Crippen LogP contribution in [0.15, 0.2) is 42.7 Å². The van der Waals surface area contributed by atoms with E-state index in [0.717, 1.165) is 42.4 Å². The average Bonchev–Trinajstić information content (AvgIpc) is 3.61. The number of nitrogens with zero attached hydrogens (tertiary/aromatic N) is 7. The number of aryl methyl sites for hydroxylation is 2. The second kappa shape index (κ2) is 11.3. The number of fused-ring (bicyclic) bond motifs is 4. The Morgan fingerprint density at radius 2 is 1.96 bits per heavy atom. The zero-order chi connectivity index (χ0) is 32.8. The Morgan fingerprint density at radius 1 is 1.15 bits per heavy atom. The Hall–Kier alpha value is -4.04. The summed E-state index contributed by atoms with van der Waals surface area (Å²) in [6.07, 6.45) is 7.52. The van der Waals surface area contributed by atoms with E-state index in [4.69, 9.17) is 28.2 Å². The van der Waals surface area contributed by atoms with Crippen LogP contribution in [0.1, 0.15) is 67.2 Å². The normalized spacial score (nSPS) is 24.8. The van der Waals surface area contributed by atoms with Crippen molar-refractivity contribution in [3.63, 3.8) is 0 Å². The molecule has 48 heavy (non-hydrogen) atoms. The van der Waals surface area contributed by atoms with Gasteiger partial charge in [0.15, 0.2) is 5.82 Å². The highest BCUT2D eigenvalue weighted by Gasteiger charge is 2.51. The van der Waals surface area contributed by atoms with Crippen molar-refractivity contribution in [3.8, 4) is 17.2 Å². The van der Waals surface area contributed by atoms with E-state index in [1.807, 2.05) is 17.9 Å². The van der Waals surface area contributed by atoms with E-state index in [2.05, 4.69) is 32.2 Å². The van der Waals surface area contributed by atoms with E-state index in [1.54, 1.807) is 35.4 Å². The molecule has 244 valence electrons. The number of pyridine rings is 1. The molecule has 1 amide bonds. The number of nitriles is 1. The molecule has 12 heteroatoms. The van der Waals surface area contributed by atoms with E-state index < -0.39 is 5.82 Å². The zero-order valence-corrected chi connectivity index (χ0v) is 27.8. The fraction of sp³-hybridized carbons (Fsp3) is 0.417. The van der Waals surface area contributed by atoms with Crippen LogP contribution in [0.5, 0.6) is 0 Å². The second-order valence-corrected chi connectivity index (χ2v) is 14.6. The number of hydrogen-bond acceptors (Lipinski definition) is 6. The maximum Gasteiger partial charge on any atom is 0.226 e. The Morgan fingerprint density at radius 3 is 2.67 bits per heavy atom. The topological polar surface area (TPSA) is 105 Å². The first-order chi connectivity index (χ1) is 23.3. The van der Waals surface area contributed by atoms with E-state index >= 15 is 4.39 Å². The number of carbonyl (C=O) groups excluding carboxylic acids is 1. The van der Waals surface area contributed by atoms with Crippen molar-refractivity contribution in [2.45, 2.75) is 69.6 Å². The van der Waals surface area contributed by atoms with Gasteiger partial charge in [0.05, 0.1) is 52.2 Å². The summed E-state index contributed by atoms with van der Waals surface area (Å²) in [6.45, 7) is 3.39. The summed E-state index contributed by atoms with van der Waals surface area (Å²) >= 11 is 13.1. The third kappa shape index (κ3) is 4.51. The van der Waals surface area contributed by atoms with Gasteiger partial charge in [-0.1, -0.05) is 35.3 Å². The lowest BCUT2D eigenvalue weighted by atomic mass is 9.79. The second-order valence-electron chi connectivity index (χ2n) is 13.8. The van der Waals surface area contributed by atoms with E-state index in [0.29, 0.717) is 58.1 Å². The Kier molecular flexibility index (Phi) is 7.05. The molecule has 2 aliphatic carbocycles. The summed E-state index contributed by atoms with van der Waals surface area (Å²) in [4.78, 5) is 22.5. The molecule has 5 aliphatic rings. The third-order valence-corrected chi connectivity index (χ3v) is 11.8. The molecule has 0 spiro atoms. The summed E-state index contributed by atoms with van der Waals surface area (Å²) < 4.78 is 19.5. The lowest BCUT2D eigenvalue weighted by Gasteiger charge is -2.39. The van der Waals surface area contributed by atoms with Gasteiger partial charge in [0.25, 0.3) is 0 Å². The molecule has 5 aromatic rings. The summed E-state index contributed by atoms with van der Waals surface area (Å²) in [5, 5.41) is 24.4. The highest BCUT2D eigenvalue weighted by atomic mass is 35.5. The minimum Gasteiger partial charge on any atom is -0.337 e. The predicted molar refractivity (Wildman–Crippen MR) is 181 cm³/mol. The highest BCUT2D eigenvalue weighted by Crippen LogP contribution is 2.52. The molecule has 10 rings (SSSR count). The monoisotopic (exact) mass is 682 g/mol. The maximum absolute atomic E-state index is 17.1. The van der Waals surface area contributed by atoms with Crippen LogP contribution in [0.3, 0.4) is 0 Å². The van der Waals surface area contributed by atoms with Crippen molar-refractivity contribution >= 4 is 50.9 Å². The van der Waals surface area contributed by atoms with Crippen molar-refractivity contribution in [2.24, 2.45) is 11.8 Å². The summed E-state index contributed by atoms with van der Waals surface area (Å²) in [5.41, 5.74) is 4.43. The van der Waals surface area contributed by atoms with Gasteiger partial charge in [0.2, 0.25) is 5.91 Å². The standard InChI is InChI=1S/C36H33Cl2FN8O/c1-18-24-15-29(28-14-22(47-42-10-11-43-47)17-45(28)36(48)19-7-8-19)46(34-21-13-27(34)41-16-21)35(24)25-12-20(4-3-9-40)30(32(39)33(25)44-18)23-5-2-6-26(37)31(23)38/h2,5-6,10-12,15,19,21-22,27-28,34,41H,3-4,7-8,13-14,16-17H2,1H3/t21-,22+,27-,28-,34+/m1/s1. The smallest absolute Gasteiger partial charge is 0.226 e. The molecule has 3 aromatic heterocycles. The number of amides is 1. The van der Waals surface area contributed by atoms with Crippen molar-refractivity contribution in [1.29, 1.82) is 5.26 Å². The minimum atomic E-state index is -0.477. The van der Waals surface area contributed by atoms with Crippen LogP contribution in [0.4, 0.5) is 4.39 Å². The number of hydrogen-bond donors (Lipinski definition) is 1. The van der Waals surface area contributed by atoms with Crippen LogP contribution in [-0.2, 0) is 11.2 Å². The maximum atomic E-state index is 17.1. The summed E-state index contributed by atoms with van der Waals surface area (Å²) in [6, 6.07) is 11.8. The third-order valence-electron chi connectivity index (χ3n) is 11.0. The number of halogens is 3. The Bertz CT molecular complexity index is 2160. The fourth-order valence-electron chi connectivity index (χ4n) is 8.58. The first kappa shape index (κ1) is 30.1. The molecule has 1 N–H and O–H groups in total. The summed E-state index contributed by atoms with van der Waals surface area (Å²) in [5.74, 6) is 0.204. The van der Waals surface area contributed by atoms with Crippen LogP contribution < -0.4 is 5.32 Å². The number of likely N-dealkylation sites (tertiary alicyclic amines) is 1. The SMILES string of the molecule is Cc1nc2c(F)c(-c3cccc(Cl)c3Cl)c(CCC#N)cc2c2c1cc([C@H]1C[C@H](n3nccn3)CN1C(=O)C1CC1)n2[C@H]1[C@H]2CN[C@@H]1C2. The first-order valence-corrected chi connectivity index (χ1v) is 17.5. The number of carbonyl (C=O) groups is 1. The van der Waals surface area contributed by atoms with Crippen LogP contribution in [-0.4, -0.2) is 54.5 Å². The highest BCUT2D eigenvalue weighted by molar-refractivity contribution is 6.43. The van der Waals surface area contributed by atoms with Gasteiger partial charge in [-0.3, -0.25) is 4.79 Å². The van der Waals surface area contributed by atoms with Gasteiger partial charge < -0.3 is 14.8 Å². The zero-order valence-electron chi connectivity index (χ0n) is 26.3. The molecule has 5 fully saturated rings. The molecule has 0 unspecified atom stereocenters. The molecule has 2 aromatic carbocycles. The quantitative estimate of drug-likeness (QED) is 0.196. The fourth-order valence-corrected chi connectivity index (χ4v) is 8.98. The molecule has 2 saturated carbocycles. The van der Waals surface area contributed by atoms with Crippen LogP contribution in [0.2, 0.25) is 10.0 Å². The van der Waals surface area contributed by atoms with Gasteiger partial charge in [-0.15, -0.1) is 0 Å². The number of aromatic nitrogens is 5. The van der Waals surface area contributed by atoms with Crippen LogP contribution in [0.25, 0.3) is 32.9 Å². The van der Waals surface area contributed by atoms with Gasteiger partial charge in [0.1, 0.15) is 5.52 Å². The van der Waals surface area contributed by atoms with E-state index in [9.17, 15) is 10.1 Å². The lowest BCUT2D eigenvalue weighted by Crippen LogP contribution is -2.41. The van der Waals surface area contributed by atoms with Crippen molar-refractivity contribution in [2.75, 3.05) is 13.1 Å². The average molecular weight is 684 g/mol.